The lowest BCUT2D eigenvalue weighted by molar-refractivity contribution is 0.400. The third-order valence-electron chi connectivity index (χ3n) is 4.53. The molecule has 2 aromatic carbocycles. The Balaban J connectivity index is 1.71. The standard InChI is InChI=1S/C21H17F2N5O2S/c1-10-14-5-11(7-17(29)19(14)27-21(24)26-10)12-6-16(20(30-2)25-9-12)28-31-18-4-3-13(22)8-15(18)23/h3-9,28-29H,1-2H3,(H2,24,26,27). The van der Waals surface area contributed by atoms with E-state index in [2.05, 4.69) is 19.7 Å². The number of pyridine rings is 1. The van der Waals surface area contributed by atoms with Crippen LogP contribution < -0.4 is 15.2 Å². The van der Waals surface area contributed by atoms with Gasteiger partial charge < -0.3 is 20.3 Å². The number of benzene rings is 2. The number of nitrogens with one attached hydrogen (secondary N) is 1. The van der Waals surface area contributed by atoms with Crippen LogP contribution in [0.25, 0.3) is 22.0 Å². The third kappa shape index (κ3) is 4.15. The Morgan fingerprint density at radius 1 is 1.10 bits per heavy atom. The van der Waals surface area contributed by atoms with Crippen LogP contribution in [0.3, 0.4) is 0 Å². The molecular weight excluding hydrogens is 424 g/mol. The van der Waals surface area contributed by atoms with Crippen molar-refractivity contribution in [3.8, 4) is 22.8 Å². The van der Waals surface area contributed by atoms with E-state index < -0.39 is 11.6 Å². The highest BCUT2D eigenvalue weighted by Crippen LogP contribution is 2.36. The molecule has 0 unspecified atom stereocenters. The van der Waals surface area contributed by atoms with Gasteiger partial charge in [-0.2, -0.15) is 0 Å². The number of phenolic OH excluding ortho intramolecular Hbond substituents is 1. The predicted molar refractivity (Wildman–Crippen MR) is 116 cm³/mol. The van der Waals surface area contributed by atoms with Gasteiger partial charge in [-0.15, -0.1) is 0 Å². The van der Waals surface area contributed by atoms with Crippen LogP contribution in [-0.4, -0.2) is 27.2 Å². The Kier molecular flexibility index (Phi) is 5.47. The molecule has 158 valence electrons. The van der Waals surface area contributed by atoms with Crippen LogP contribution in [0.4, 0.5) is 20.4 Å². The van der Waals surface area contributed by atoms with Gasteiger partial charge in [-0.1, -0.05) is 0 Å². The number of nitrogens with zero attached hydrogens (tertiary/aromatic N) is 3. The highest BCUT2D eigenvalue weighted by atomic mass is 32.2. The normalized spacial score (nSPS) is 11.0. The summed E-state index contributed by atoms with van der Waals surface area (Å²) in [7, 11) is 1.46. The number of rotatable bonds is 5. The zero-order valence-electron chi connectivity index (χ0n) is 16.5. The number of aromatic nitrogens is 3. The fourth-order valence-electron chi connectivity index (χ4n) is 3.06. The molecule has 0 atom stereocenters. The zero-order chi connectivity index (χ0) is 22.1. The summed E-state index contributed by atoms with van der Waals surface area (Å²) in [5.41, 5.74) is 8.46. The Hall–Kier alpha value is -3.66. The topological polar surface area (TPSA) is 106 Å². The highest BCUT2D eigenvalue weighted by Gasteiger charge is 2.14. The molecule has 0 spiro atoms. The molecular formula is C21H17F2N5O2S. The summed E-state index contributed by atoms with van der Waals surface area (Å²) in [4.78, 5) is 12.7. The average molecular weight is 441 g/mol. The highest BCUT2D eigenvalue weighted by molar-refractivity contribution is 8.00. The molecule has 2 aromatic heterocycles. The number of halogens is 2. The molecule has 0 saturated heterocycles. The van der Waals surface area contributed by atoms with Gasteiger partial charge in [0.1, 0.15) is 28.6 Å². The van der Waals surface area contributed by atoms with E-state index in [9.17, 15) is 13.9 Å². The van der Waals surface area contributed by atoms with Crippen molar-refractivity contribution in [1.29, 1.82) is 0 Å². The van der Waals surface area contributed by atoms with Gasteiger partial charge in [0, 0.05) is 23.2 Å². The van der Waals surface area contributed by atoms with Crippen molar-refractivity contribution in [2.45, 2.75) is 11.8 Å². The monoisotopic (exact) mass is 441 g/mol. The first-order valence-electron chi connectivity index (χ1n) is 9.05. The van der Waals surface area contributed by atoms with Crippen molar-refractivity contribution in [2.75, 3.05) is 17.6 Å². The first kappa shape index (κ1) is 20.6. The minimum absolute atomic E-state index is 0.0437. The number of aryl methyl sites for hydroxylation is 1. The first-order valence-corrected chi connectivity index (χ1v) is 9.86. The van der Waals surface area contributed by atoms with Crippen LogP contribution in [0, 0.1) is 18.6 Å². The molecule has 2 heterocycles. The largest absolute Gasteiger partial charge is 0.506 e. The Morgan fingerprint density at radius 3 is 2.65 bits per heavy atom. The van der Waals surface area contributed by atoms with Crippen LogP contribution in [0.15, 0.2) is 47.5 Å². The van der Waals surface area contributed by atoms with E-state index in [1.807, 2.05) is 6.07 Å². The van der Waals surface area contributed by atoms with Crippen molar-refractivity contribution in [3.63, 3.8) is 0 Å². The number of hydrogen-bond acceptors (Lipinski definition) is 8. The van der Waals surface area contributed by atoms with Gasteiger partial charge in [0.05, 0.1) is 17.7 Å². The van der Waals surface area contributed by atoms with Gasteiger partial charge >= 0.3 is 0 Å². The van der Waals surface area contributed by atoms with E-state index in [1.165, 1.54) is 19.2 Å². The molecule has 31 heavy (non-hydrogen) atoms. The molecule has 4 rings (SSSR count). The number of methoxy groups -OCH3 is 1. The second kappa shape index (κ2) is 8.23. The number of phenols is 1. The van der Waals surface area contributed by atoms with Crippen molar-refractivity contribution < 1.29 is 18.6 Å². The van der Waals surface area contributed by atoms with Crippen molar-refractivity contribution in [2.24, 2.45) is 0 Å². The van der Waals surface area contributed by atoms with E-state index in [0.717, 1.165) is 18.0 Å². The van der Waals surface area contributed by atoms with Gasteiger partial charge in [-0.05, 0) is 54.8 Å². The minimum atomic E-state index is -0.685. The van der Waals surface area contributed by atoms with E-state index in [0.29, 0.717) is 33.4 Å². The summed E-state index contributed by atoms with van der Waals surface area (Å²) in [6.45, 7) is 1.77. The quantitative estimate of drug-likeness (QED) is 0.383. The molecule has 0 aliphatic heterocycles. The van der Waals surface area contributed by atoms with Crippen LogP contribution in [0.2, 0.25) is 0 Å². The third-order valence-corrected chi connectivity index (χ3v) is 5.40. The second-order valence-electron chi connectivity index (χ2n) is 6.62. The smallest absolute Gasteiger partial charge is 0.237 e. The lowest BCUT2D eigenvalue weighted by atomic mass is 10.0. The molecule has 0 radical (unpaired) electrons. The number of anilines is 2. The second-order valence-corrected chi connectivity index (χ2v) is 7.47. The van der Waals surface area contributed by atoms with Gasteiger partial charge in [-0.25, -0.2) is 23.7 Å². The molecule has 0 amide bonds. The number of hydrogen-bond donors (Lipinski definition) is 3. The fraction of sp³-hybridized carbons (Fsp3) is 0.0952. The number of ether oxygens (including phenoxy) is 1. The summed E-state index contributed by atoms with van der Waals surface area (Å²) in [6.07, 6.45) is 1.58. The van der Waals surface area contributed by atoms with Crippen molar-refractivity contribution in [3.05, 3.63) is 59.9 Å². The lowest BCUT2D eigenvalue weighted by Gasteiger charge is -2.13. The van der Waals surface area contributed by atoms with Gasteiger partial charge in [0.25, 0.3) is 0 Å². The number of fused-ring (bicyclic) bond motifs is 1. The van der Waals surface area contributed by atoms with Crippen molar-refractivity contribution >= 4 is 34.5 Å². The summed E-state index contributed by atoms with van der Waals surface area (Å²) >= 11 is 0.957. The molecule has 0 aliphatic carbocycles. The molecule has 0 bridgehead atoms. The predicted octanol–water partition coefficient (Wildman–Crippen LogP) is 4.69. The fourth-order valence-corrected chi connectivity index (χ4v) is 3.72. The van der Waals surface area contributed by atoms with Gasteiger partial charge in [-0.3, -0.25) is 0 Å². The molecule has 7 nitrogen and oxygen atoms in total. The maximum Gasteiger partial charge on any atom is 0.237 e. The van der Waals surface area contributed by atoms with Crippen LogP contribution in [0.1, 0.15) is 5.69 Å². The Morgan fingerprint density at radius 2 is 1.90 bits per heavy atom. The van der Waals surface area contributed by atoms with Crippen LogP contribution >= 0.6 is 11.9 Å². The summed E-state index contributed by atoms with van der Waals surface area (Å²) in [5, 5.41) is 11.1. The minimum Gasteiger partial charge on any atom is -0.506 e. The maximum atomic E-state index is 13.9. The molecule has 0 saturated carbocycles. The van der Waals surface area contributed by atoms with E-state index in [1.54, 1.807) is 25.3 Å². The summed E-state index contributed by atoms with van der Waals surface area (Å²) in [5.74, 6) is -1.01. The average Bonchev–Trinajstić information content (AvgIpc) is 2.73. The van der Waals surface area contributed by atoms with E-state index >= 15 is 0 Å². The zero-order valence-corrected chi connectivity index (χ0v) is 17.3. The lowest BCUT2D eigenvalue weighted by Crippen LogP contribution is -1.99. The van der Waals surface area contributed by atoms with Gasteiger partial charge in [0.15, 0.2) is 0 Å². The molecule has 0 fully saturated rings. The molecule has 4 N–H and O–H groups in total. The van der Waals surface area contributed by atoms with Crippen molar-refractivity contribution in [1.82, 2.24) is 15.0 Å². The molecule has 10 heteroatoms. The maximum absolute atomic E-state index is 13.9. The summed E-state index contributed by atoms with van der Waals surface area (Å²) in [6, 6.07) is 8.44. The molecule has 0 aliphatic rings. The Bertz CT molecular complexity index is 1300. The van der Waals surface area contributed by atoms with Gasteiger partial charge in [0.2, 0.25) is 11.8 Å². The Labute approximate surface area is 180 Å². The molecule has 4 aromatic rings. The van der Waals surface area contributed by atoms with E-state index in [-0.39, 0.29) is 22.5 Å². The summed E-state index contributed by atoms with van der Waals surface area (Å²) < 4.78 is 35.3. The van der Waals surface area contributed by atoms with E-state index in [4.69, 9.17) is 10.5 Å². The number of nitrogens with two attached hydrogens (primary N) is 1. The van der Waals surface area contributed by atoms with Crippen LogP contribution in [0.5, 0.6) is 11.6 Å². The first-order chi connectivity index (χ1) is 14.9. The number of nitrogen functional groups attached to an aromatic ring is 1. The SMILES string of the molecule is COc1ncc(-c2cc(O)c3nc(N)nc(C)c3c2)cc1NSc1ccc(F)cc1F. The number of aromatic hydroxyl groups is 1. The van der Waals surface area contributed by atoms with Crippen LogP contribution in [-0.2, 0) is 0 Å².